The highest BCUT2D eigenvalue weighted by atomic mass is 16.5. The molecule has 3 amide bonds. The number of carbonyl (C=O) groups excluding carboxylic acids is 3. The molecule has 20 heavy (non-hydrogen) atoms. The van der Waals surface area contributed by atoms with E-state index in [2.05, 4.69) is 10.5 Å². The Hall–Kier alpha value is -2.96. The van der Waals surface area contributed by atoms with Crippen molar-refractivity contribution in [1.29, 1.82) is 0 Å². The van der Waals surface area contributed by atoms with Gasteiger partial charge in [0, 0.05) is 13.1 Å². The minimum Gasteiger partial charge on any atom is -0.351 e. The highest BCUT2D eigenvalue weighted by Crippen LogP contribution is 2.28. The monoisotopic (exact) mass is 271 g/mol. The number of fused-ring (bicyclic) bond motifs is 1. The Morgan fingerprint density at radius 2 is 2.05 bits per heavy atom. The normalized spacial score (nSPS) is 13.6. The van der Waals surface area contributed by atoms with Gasteiger partial charge in [-0.15, -0.1) is 0 Å². The smallest absolute Gasteiger partial charge is 0.294 e. The lowest BCUT2D eigenvalue weighted by atomic mass is 10.1. The third-order valence-corrected chi connectivity index (χ3v) is 3.03. The Labute approximate surface area is 113 Å². The van der Waals surface area contributed by atoms with Gasteiger partial charge in [-0.1, -0.05) is 11.2 Å². The van der Waals surface area contributed by atoms with Crippen LogP contribution in [0.1, 0.15) is 31.3 Å². The number of aromatic nitrogens is 1. The second-order valence-electron chi connectivity index (χ2n) is 4.23. The molecule has 1 aromatic carbocycles. The molecule has 3 rings (SSSR count). The van der Waals surface area contributed by atoms with Gasteiger partial charge in [0.1, 0.15) is 0 Å². The molecule has 2 aromatic rings. The van der Waals surface area contributed by atoms with E-state index in [0.29, 0.717) is 0 Å². The van der Waals surface area contributed by atoms with Gasteiger partial charge in [0.05, 0.1) is 23.0 Å². The predicted octanol–water partition coefficient (Wildman–Crippen LogP) is 1.15. The van der Waals surface area contributed by atoms with Crippen LogP contribution in [0.4, 0.5) is 5.69 Å². The van der Waals surface area contributed by atoms with Gasteiger partial charge < -0.3 is 9.84 Å². The van der Waals surface area contributed by atoms with E-state index < -0.39 is 11.8 Å². The van der Waals surface area contributed by atoms with Crippen LogP contribution in [0.25, 0.3) is 0 Å². The zero-order valence-electron chi connectivity index (χ0n) is 10.4. The summed E-state index contributed by atoms with van der Waals surface area (Å²) in [7, 11) is 1.40. The molecule has 0 aliphatic carbocycles. The first-order chi connectivity index (χ1) is 9.59. The number of anilines is 1. The van der Waals surface area contributed by atoms with Crippen molar-refractivity contribution < 1.29 is 18.9 Å². The maximum absolute atomic E-state index is 12.0. The molecule has 0 saturated heterocycles. The number of hydrogen-bond donors (Lipinski definition) is 1. The first-order valence-corrected chi connectivity index (χ1v) is 5.77. The fraction of sp³-hybridized carbons (Fsp3) is 0.0769. The van der Waals surface area contributed by atoms with Crippen LogP contribution in [0.3, 0.4) is 0 Å². The fourth-order valence-electron chi connectivity index (χ4n) is 2.02. The van der Waals surface area contributed by atoms with Crippen LogP contribution in [0, 0.1) is 0 Å². The van der Waals surface area contributed by atoms with Gasteiger partial charge in [-0.05, 0) is 12.1 Å². The summed E-state index contributed by atoms with van der Waals surface area (Å²) in [4.78, 5) is 36.8. The number of rotatable bonds is 2. The van der Waals surface area contributed by atoms with E-state index in [9.17, 15) is 14.4 Å². The molecule has 1 aromatic heterocycles. The molecule has 100 valence electrons. The summed E-state index contributed by atoms with van der Waals surface area (Å²) < 4.78 is 4.73. The number of benzene rings is 1. The van der Waals surface area contributed by atoms with Gasteiger partial charge in [0.25, 0.3) is 17.7 Å². The fourth-order valence-corrected chi connectivity index (χ4v) is 2.02. The van der Waals surface area contributed by atoms with Crippen LogP contribution < -0.4 is 5.32 Å². The molecule has 0 fully saturated rings. The molecular weight excluding hydrogens is 262 g/mol. The Balaban J connectivity index is 1.99. The van der Waals surface area contributed by atoms with Gasteiger partial charge in [-0.25, -0.2) is 0 Å². The van der Waals surface area contributed by atoms with E-state index in [1.807, 2.05) is 0 Å². The van der Waals surface area contributed by atoms with Gasteiger partial charge >= 0.3 is 0 Å². The molecule has 1 N–H and O–H groups in total. The number of nitrogens with one attached hydrogen (secondary N) is 1. The number of imide groups is 1. The summed E-state index contributed by atoms with van der Waals surface area (Å²) in [5.74, 6) is -1.35. The van der Waals surface area contributed by atoms with Crippen LogP contribution >= 0.6 is 0 Å². The zero-order valence-corrected chi connectivity index (χ0v) is 10.4. The lowest BCUT2D eigenvalue weighted by Gasteiger charge is -2.07. The highest BCUT2D eigenvalue weighted by Gasteiger charge is 2.35. The predicted molar refractivity (Wildman–Crippen MR) is 67.3 cm³/mol. The lowest BCUT2D eigenvalue weighted by molar-refractivity contribution is 0.0693. The molecule has 0 spiro atoms. The van der Waals surface area contributed by atoms with Crippen LogP contribution in [0.15, 0.2) is 35.0 Å². The number of amides is 3. The Morgan fingerprint density at radius 1 is 1.25 bits per heavy atom. The molecule has 1 aliphatic heterocycles. The van der Waals surface area contributed by atoms with Crippen LogP contribution in [-0.4, -0.2) is 34.8 Å². The van der Waals surface area contributed by atoms with Crippen molar-refractivity contribution in [1.82, 2.24) is 10.1 Å². The Bertz CT molecular complexity index is 721. The second-order valence-corrected chi connectivity index (χ2v) is 4.23. The molecule has 7 heteroatoms. The van der Waals surface area contributed by atoms with Crippen molar-refractivity contribution in [2.24, 2.45) is 0 Å². The van der Waals surface area contributed by atoms with Crippen molar-refractivity contribution >= 4 is 23.4 Å². The molecule has 0 atom stereocenters. The van der Waals surface area contributed by atoms with E-state index >= 15 is 0 Å². The Morgan fingerprint density at radius 3 is 2.75 bits per heavy atom. The summed E-state index contributed by atoms with van der Waals surface area (Å²) in [6, 6.07) is 6.09. The van der Waals surface area contributed by atoms with Crippen LogP contribution in [-0.2, 0) is 0 Å². The number of nitrogens with zero attached hydrogens (tertiary/aromatic N) is 2. The minimum absolute atomic E-state index is 0.0210. The molecule has 2 heterocycles. The first-order valence-electron chi connectivity index (χ1n) is 5.77. The number of hydrogen-bond acceptors (Lipinski definition) is 5. The molecule has 1 aliphatic rings. The Kier molecular flexibility index (Phi) is 2.60. The average molecular weight is 271 g/mol. The van der Waals surface area contributed by atoms with Crippen LogP contribution in [0.2, 0.25) is 0 Å². The summed E-state index contributed by atoms with van der Waals surface area (Å²) in [6.45, 7) is 0. The molecule has 0 unspecified atom stereocenters. The van der Waals surface area contributed by atoms with Gasteiger partial charge in [0.15, 0.2) is 0 Å². The van der Waals surface area contributed by atoms with Crippen LogP contribution in [0.5, 0.6) is 0 Å². The second kappa shape index (κ2) is 4.30. The minimum atomic E-state index is -0.536. The van der Waals surface area contributed by atoms with E-state index in [1.54, 1.807) is 18.2 Å². The van der Waals surface area contributed by atoms with Crippen molar-refractivity contribution in [3.63, 3.8) is 0 Å². The molecule has 0 bridgehead atoms. The SMILES string of the molecule is CN1C(=O)c2cccc(NC(=O)c3ccno3)c2C1=O. The van der Waals surface area contributed by atoms with Gasteiger partial charge in [-0.3, -0.25) is 19.3 Å². The van der Waals surface area contributed by atoms with E-state index in [1.165, 1.54) is 19.3 Å². The molecule has 7 nitrogen and oxygen atoms in total. The van der Waals surface area contributed by atoms with Crippen molar-refractivity contribution in [3.8, 4) is 0 Å². The first kappa shape index (κ1) is 12.1. The van der Waals surface area contributed by atoms with Crippen molar-refractivity contribution in [2.75, 3.05) is 12.4 Å². The van der Waals surface area contributed by atoms with E-state index in [4.69, 9.17) is 4.52 Å². The summed E-state index contributed by atoms with van der Waals surface area (Å²) in [5.41, 5.74) is 0.729. The number of carbonyl (C=O) groups is 3. The van der Waals surface area contributed by atoms with E-state index in [-0.39, 0.29) is 28.5 Å². The average Bonchev–Trinajstić information content (AvgIpc) is 3.05. The topological polar surface area (TPSA) is 92.5 Å². The summed E-state index contributed by atoms with van der Waals surface area (Å²) in [6.07, 6.45) is 1.34. The van der Waals surface area contributed by atoms with Gasteiger partial charge in [-0.2, -0.15) is 0 Å². The van der Waals surface area contributed by atoms with Crippen molar-refractivity contribution in [3.05, 3.63) is 47.3 Å². The lowest BCUT2D eigenvalue weighted by Crippen LogP contribution is -2.24. The maximum Gasteiger partial charge on any atom is 0.294 e. The third-order valence-electron chi connectivity index (χ3n) is 3.03. The molecule has 0 saturated carbocycles. The largest absolute Gasteiger partial charge is 0.351 e. The zero-order chi connectivity index (χ0) is 14.3. The standard InChI is InChI=1S/C13H9N3O4/c1-16-12(18)7-3-2-4-8(10(7)13(16)19)15-11(17)9-5-6-14-20-9/h2-6H,1H3,(H,15,17). The summed E-state index contributed by atoms with van der Waals surface area (Å²) >= 11 is 0. The summed E-state index contributed by atoms with van der Waals surface area (Å²) in [5, 5.41) is 5.98. The maximum atomic E-state index is 12.0. The molecule has 0 radical (unpaired) electrons. The van der Waals surface area contributed by atoms with Gasteiger partial charge in [0.2, 0.25) is 5.76 Å². The quantitative estimate of drug-likeness (QED) is 0.827. The van der Waals surface area contributed by atoms with E-state index in [0.717, 1.165) is 4.90 Å². The highest BCUT2D eigenvalue weighted by molar-refractivity contribution is 6.24. The molecular formula is C13H9N3O4. The van der Waals surface area contributed by atoms with Crippen molar-refractivity contribution in [2.45, 2.75) is 0 Å². The third kappa shape index (κ3) is 1.68.